The van der Waals surface area contributed by atoms with Crippen LogP contribution in [-0.2, 0) is 65.4 Å². The Bertz CT molecular complexity index is 1870. The summed E-state index contributed by atoms with van der Waals surface area (Å²) in [4.78, 5) is 72.9. The standard InChI is InChI=1S/C79H154O17P2/c1-6-9-12-15-18-21-23-25-27-29-31-33-35-40-44-49-54-59-64-78(83)96-75(69-90-77(82)63-58-53-48-43-39-34-32-30-28-26-24-22-19-16-13-10-7-2)71-94-98(87,88)92-67-73(80)66-91-97(85,86)93-70-74(68-89-76(81)62-57-52-47-20-17-14-11-8-3)95-79(84)65-60-55-50-45-41-37-36-38-42-46-51-56-61-72(4)5/h72-75,80H,6-71H2,1-5H3,(H,85,86)(H,87,88)/t73-,74+,75+/m0/s1. The van der Waals surface area contributed by atoms with E-state index in [1.807, 2.05) is 0 Å². The number of hydrogen-bond acceptors (Lipinski definition) is 15. The van der Waals surface area contributed by atoms with Crippen molar-refractivity contribution < 1.29 is 80.2 Å². The molecular formula is C79H154O17P2. The maximum Gasteiger partial charge on any atom is 0.472 e. The Morgan fingerprint density at radius 2 is 0.469 bits per heavy atom. The normalized spacial score (nSPS) is 13.9. The van der Waals surface area contributed by atoms with E-state index in [2.05, 4.69) is 34.6 Å². The molecule has 0 saturated carbocycles. The zero-order chi connectivity index (χ0) is 71.9. The summed E-state index contributed by atoms with van der Waals surface area (Å²) >= 11 is 0. The molecule has 98 heavy (non-hydrogen) atoms. The van der Waals surface area contributed by atoms with Gasteiger partial charge in [-0.1, -0.05) is 369 Å². The highest BCUT2D eigenvalue weighted by Gasteiger charge is 2.30. The molecule has 0 fully saturated rings. The molecule has 0 aliphatic rings. The average Bonchev–Trinajstić information content (AvgIpc) is 0.964. The Labute approximate surface area is 600 Å². The van der Waals surface area contributed by atoms with Crippen LogP contribution >= 0.6 is 15.6 Å². The lowest BCUT2D eigenvalue weighted by atomic mass is 10.0. The summed E-state index contributed by atoms with van der Waals surface area (Å²) in [6.07, 6.45) is 62.5. The van der Waals surface area contributed by atoms with Gasteiger partial charge in [0, 0.05) is 25.7 Å². The molecular weight excluding hydrogens is 1280 g/mol. The zero-order valence-corrected chi connectivity index (χ0v) is 65.7. The molecule has 0 aromatic rings. The van der Waals surface area contributed by atoms with Crippen LogP contribution in [0.4, 0.5) is 0 Å². The predicted molar refractivity (Wildman–Crippen MR) is 400 cm³/mol. The van der Waals surface area contributed by atoms with Crippen LogP contribution in [0.15, 0.2) is 0 Å². The van der Waals surface area contributed by atoms with Gasteiger partial charge in [0.2, 0.25) is 0 Å². The highest BCUT2D eigenvalue weighted by atomic mass is 31.2. The molecule has 0 aliphatic carbocycles. The summed E-state index contributed by atoms with van der Waals surface area (Å²) in [5, 5.41) is 10.6. The number of phosphoric acid groups is 2. The van der Waals surface area contributed by atoms with E-state index in [-0.39, 0.29) is 25.7 Å². The number of aliphatic hydroxyl groups excluding tert-OH is 1. The molecule has 0 amide bonds. The molecule has 0 radical (unpaired) electrons. The van der Waals surface area contributed by atoms with E-state index in [9.17, 15) is 43.2 Å². The second-order valence-corrected chi connectivity index (χ2v) is 31.8. The lowest BCUT2D eigenvalue weighted by molar-refractivity contribution is -0.161. The maximum absolute atomic E-state index is 13.1. The van der Waals surface area contributed by atoms with E-state index in [0.29, 0.717) is 25.7 Å². The van der Waals surface area contributed by atoms with Gasteiger partial charge in [-0.05, 0) is 31.6 Å². The molecule has 0 saturated heterocycles. The summed E-state index contributed by atoms with van der Waals surface area (Å²) in [6, 6.07) is 0. The molecule has 3 N–H and O–H groups in total. The number of hydrogen-bond donors (Lipinski definition) is 3. The van der Waals surface area contributed by atoms with Crippen LogP contribution < -0.4 is 0 Å². The lowest BCUT2D eigenvalue weighted by Crippen LogP contribution is -2.30. The van der Waals surface area contributed by atoms with Crippen molar-refractivity contribution in [3.8, 4) is 0 Å². The Hall–Kier alpha value is -1.94. The second kappa shape index (κ2) is 72.0. The highest BCUT2D eigenvalue weighted by molar-refractivity contribution is 7.47. The Morgan fingerprint density at radius 1 is 0.276 bits per heavy atom. The molecule has 0 heterocycles. The fraction of sp³-hybridized carbons (Fsp3) is 0.949. The van der Waals surface area contributed by atoms with Crippen molar-refractivity contribution in [3.63, 3.8) is 0 Å². The van der Waals surface area contributed by atoms with Crippen LogP contribution in [0.25, 0.3) is 0 Å². The number of phosphoric ester groups is 2. The van der Waals surface area contributed by atoms with Gasteiger partial charge in [0.15, 0.2) is 12.2 Å². The third kappa shape index (κ3) is 72.4. The SMILES string of the molecule is CCCCCCCCCCCCCCCCCCCCC(=O)O[C@H](COC(=O)CCCCCCCCCCCCCCCCCCC)COP(=O)(O)OC[C@@H](O)COP(=O)(O)OC[C@@H](COC(=O)CCCCCCCCCC)OC(=O)CCCCCCCCCCCCCCC(C)C. The predicted octanol–water partition coefficient (Wildman–Crippen LogP) is 23.6. The van der Waals surface area contributed by atoms with Crippen molar-refractivity contribution in [1.82, 2.24) is 0 Å². The second-order valence-electron chi connectivity index (χ2n) is 28.9. The monoisotopic (exact) mass is 1440 g/mol. The molecule has 0 aromatic carbocycles. The van der Waals surface area contributed by atoms with Gasteiger partial charge in [-0.2, -0.15) is 0 Å². The largest absolute Gasteiger partial charge is 0.472 e. The van der Waals surface area contributed by atoms with Gasteiger partial charge in [-0.15, -0.1) is 0 Å². The van der Waals surface area contributed by atoms with Crippen molar-refractivity contribution in [1.29, 1.82) is 0 Å². The molecule has 0 aromatic heterocycles. The number of rotatable bonds is 79. The molecule has 19 heteroatoms. The fourth-order valence-electron chi connectivity index (χ4n) is 12.2. The molecule has 2 unspecified atom stereocenters. The summed E-state index contributed by atoms with van der Waals surface area (Å²) in [6.45, 7) is 7.30. The van der Waals surface area contributed by atoms with Crippen molar-refractivity contribution in [2.75, 3.05) is 39.6 Å². The molecule has 0 rings (SSSR count). The van der Waals surface area contributed by atoms with Gasteiger partial charge >= 0.3 is 39.5 Å². The summed E-state index contributed by atoms with van der Waals surface area (Å²) in [5.41, 5.74) is 0. The zero-order valence-electron chi connectivity index (χ0n) is 63.9. The van der Waals surface area contributed by atoms with Crippen molar-refractivity contribution >= 4 is 39.5 Å². The quantitative estimate of drug-likeness (QED) is 0.0222. The minimum atomic E-state index is -4.96. The first-order chi connectivity index (χ1) is 47.5. The Morgan fingerprint density at radius 3 is 0.694 bits per heavy atom. The van der Waals surface area contributed by atoms with E-state index in [1.54, 1.807) is 0 Å². The number of aliphatic hydroxyl groups is 1. The van der Waals surface area contributed by atoms with E-state index >= 15 is 0 Å². The molecule has 5 atom stereocenters. The number of ether oxygens (including phenoxy) is 4. The molecule has 17 nitrogen and oxygen atoms in total. The fourth-order valence-corrected chi connectivity index (χ4v) is 13.8. The smallest absolute Gasteiger partial charge is 0.462 e. The lowest BCUT2D eigenvalue weighted by Gasteiger charge is -2.21. The minimum Gasteiger partial charge on any atom is -0.462 e. The van der Waals surface area contributed by atoms with Gasteiger partial charge in [-0.3, -0.25) is 37.3 Å². The first kappa shape index (κ1) is 96.1. The molecule has 582 valence electrons. The molecule has 0 aliphatic heterocycles. The van der Waals surface area contributed by atoms with Gasteiger partial charge in [0.1, 0.15) is 19.3 Å². The van der Waals surface area contributed by atoms with Crippen LogP contribution in [0.5, 0.6) is 0 Å². The van der Waals surface area contributed by atoms with Crippen LogP contribution in [0.1, 0.15) is 420 Å². The van der Waals surface area contributed by atoms with Crippen molar-refractivity contribution in [2.45, 2.75) is 438 Å². The van der Waals surface area contributed by atoms with Crippen LogP contribution in [0, 0.1) is 5.92 Å². The third-order valence-corrected chi connectivity index (χ3v) is 20.4. The van der Waals surface area contributed by atoms with Gasteiger partial charge in [0.05, 0.1) is 26.4 Å². The van der Waals surface area contributed by atoms with Gasteiger partial charge < -0.3 is 33.8 Å². The maximum atomic E-state index is 13.1. The first-order valence-corrected chi connectivity index (χ1v) is 44.1. The topological polar surface area (TPSA) is 237 Å². The number of unbranched alkanes of at least 4 members (excludes halogenated alkanes) is 51. The Kier molecular flexibility index (Phi) is 70.6. The van der Waals surface area contributed by atoms with Crippen LogP contribution in [-0.4, -0.2) is 96.7 Å². The summed E-state index contributed by atoms with van der Waals surface area (Å²) in [5.74, 6) is -1.33. The number of esters is 4. The van der Waals surface area contributed by atoms with E-state index in [0.717, 1.165) is 102 Å². The third-order valence-electron chi connectivity index (χ3n) is 18.5. The van der Waals surface area contributed by atoms with Crippen LogP contribution in [0.3, 0.4) is 0 Å². The average molecular weight is 1440 g/mol. The molecule has 0 spiro atoms. The van der Waals surface area contributed by atoms with E-state index in [1.165, 1.54) is 238 Å². The van der Waals surface area contributed by atoms with Gasteiger partial charge in [-0.25, -0.2) is 9.13 Å². The minimum absolute atomic E-state index is 0.107. The first-order valence-electron chi connectivity index (χ1n) is 41.1. The highest BCUT2D eigenvalue weighted by Crippen LogP contribution is 2.45. The van der Waals surface area contributed by atoms with E-state index < -0.39 is 97.5 Å². The summed E-state index contributed by atoms with van der Waals surface area (Å²) < 4.78 is 68.6. The summed E-state index contributed by atoms with van der Waals surface area (Å²) in [7, 11) is -9.91. The van der Waals surface area contributed by atoms with Crippen molar-refractivity contribution in [2.24, 2.45) is 5.92 Å². The Balaban J connectivity index is 5.21. The van der Waals surface area contributed by atoms with Gasteiger partial charge in [0.25, 0.3) is 0 Å². The molecule has 0 bridgehead atoms. The van der Waals surface area contributed by atoms with E-state index in [4.69, 9.17) is 37.0 Å². The number of carbonyl (C=O) groups is 4. The van der Waals surface area contributed by atoms with Crippen molar-refractivity contribution in [3.05, 3.63) is 0 Å². The van der Waals surface area contributed by atoms with Crippen LogP contribution in [0.2, 0.25) is 0 Å². The number of carbonyl (C=O) groups excluding carboxylic acids is 4.